The maximum absolute atomic E-state index is 4.81. The number of nitrogens with one attached hydrogen (secondary N) is 2. The standard InChI is InChI=1S/C20H32N6.HI/c1-6-18-25-24-15-26(18)12-11-22-19(21-7-2)23-14-20(4,5)17-10-8-9-16(3)13-17;/h8-10,13,15H,6-7,11-12,14H2,1-5H3,(H2,21,22,23);1H. The molecule has 0 atom stereocenters. The molecule has 0 radical (unpaired) electrons. The van der Waals surface area contributed by atoms with Crippen molar-refractivity contribution in [1.82, 2.24) is 25.4 Å². The molecule has 0 aliphatic heterocycles. The molecule has 1 heterocycles. The Morgan fingerprint density at radius 1 is 1.22 bits per heavy atom. The summed E-state index contributed by atoms with van der Waals surface area (Å²) < 4.78 is 2.08. The Bertz CT molecular complexity index is 723. The lowest BCUT2D eigenvalue weighted by atomic mass is 9.84. The van der Waals surface area contributed by atoms with E-state index >= 15 is 0 Å². The van der Waals surface area contributed by atoms with Gasteiger partial charge in [-0.2, -0.15) is 0 Å². The maximum Gasteiger partial charge on any atom is 0.191 e. The number of aromatic nitrogens is 3. The molecule has 2 rings (SSSR count). The summed E-state index contributed by atoms with van der Waals surface area (Å²) in [5, 5.41) is 14.8. The monoisotopic (exact) mass is 484 g/mol. The van der Waals surface area contributed by atoms with E-state index in [1.165, 1.54) is 11.1 Å². The summed E-state index contributed by atoms with van der Waals surface area (Å²) in [6, 6.07) is 8.67. The van der Waals surface area contributed by atoms with E-state index in [0.29, 0.717) is 0 Å². The molecule has 6 nitrogen and oxygen atoms in total. The van der Waals surface area contributed by atoms with Gasteiger partial charge in [-0.1, -0.05) is 50.6 Å². The van der Waals surface area contributed by atoms with Crippen LogP contribution in [0.1, 0.15) is 44.6 Å². The van der Waals surface area contributed by atoms with Gasteiger partial charge in [0.1, 0.15) is 12.2 Å². The Balaban J connectivity index is 0.00000364. The van der Waals surface area contributed by atoms with Gasteiger partial charge in [-0.05, 0) is 19.4 Å². The molecule has 0 bridgehead atoms. The zero-order chi connectivity index (χ0) is 19.0. The Hall–Kier alpha value is -1.64. The number of guanidine groups is 1. The molecule has 0 aliphatic carbocycles. The highest BCUT2D eigenvalue weighted by atomic mass is 127. The number of aryl methyl sites for hydroxylation is 2. The summed E-state index contributed by atoms with van der Waals surface area (Å²) >= 11 is 0. The largest absolute Gasteiger partial charge is 0.357 e. The molecule has 0 aliphatic rings. The average Bonchev–Trinajstić information content (AvgIpc) is 3.07. The highest BCUT2D eigenvalue weighted by Crippen LogP contribution is 2.24. The summed E-state index contributed by atoms with van der Waals surface area (Å²) in [7, 11) is 0. The highest BCUT2D eigenvalue weighted by Gasteiger charge is 2.20. The average molecular weight is 484 g/mol. The fourth-order valence-electron chi connectivity index (χ4n) is 2.81. The Labute approximate surface area is 180 Å². The molecule has 1 aromatic carbocycles. The van der Waals surface area contributed by atoms with Crippen molar-refractivity contribution in [3.63, 3.8) is 0 Å². The summed E-state index contributed by atoms with van der Waals surface area (Å²) in [5.41, 5.74) is 2.58. The molecule has 2 N–H and O–H groups in total. The van der Waals surface area contributed by atoms with Crippen molar-refractivity contribution < 1.29 is 0 Å². The van der Waals surface area contributed by atoms with Crippen molar-refractivity contribution >= 4 is 29.9 Å². The predicted molar refractivity (Wildman–Crippen MR) is 123 cm³/mol. The van der Waals surface area contributed by atoms with Gasteiger partial charge in [0.15, 0.2) is 5.96 Å². The number of hydrogen-bond acceptors (Lipinski definition) is 3. The molecule has 0 unspecified atom stereocenters. The van der Waals surface area contributed by atoms with Crippen LogP contribution in [0.15, 0.2) is 35.6 Å². The Kier molecular flexibility index (Phi) is 9.76. The van der Waals surface area contributed by atoms with Gasteiger partial charge in [-0.3, -0.25) is 4.99 Å². The van der Waals surface area contributed by atoms with Crippen LogP contribution in [-0.4, -0.2) is 40.4 Å². The van der Waals surface area contributed by atoms with Crippen molar-refractivity contribution in [3.8, 4) is 0 Å². The van der Waals surface area contributed by atoms with E-state index < -0.39 is 0 Å². The number of rotatable bonds is 8. The molecule has 0 saturated carbocycles. The summed E-state index contributed by atoms with van der Waals surface area (Å²) in [6.45, 7) is 13.9. The van der Waals surface area contributed by atoms with E-state index in [1.54, 1.807) is 6.33 Å². The van der Waals surface area contributed by atoms with Crippen LogP contribution in [0.5, 0.6) is 0 Å². The smallest absolute Gasteiger partial charge is 0.191 e. The first-order valence-electron chi connectivity index (χ1n) is 9.42. The minimum Gasteiger partial charge on any atom is -0.357 e. The van der Waals surface area contributed by atoms with E-state index in [2.05, 4.69) is 84.3 Å². The molecule has 0 amide bonds. The van der Waals surface area contributed by atoms with E-state index in [1.807, 2.05) is 0 Å². The molecule has 27 heavy (non-hydrogen) atoms. The fraction of sp³-hybridized carbons (Fsp3) is 0.550. The second kappa shape index (κ2) is 11.3. The second-order valence-electron chi connectivity index (χ2n) is 7.17. The van der Waals surface area contributed by atoms with Gasteiger partial charge in [0, 0.05) is 31.5 Å². The first kappa shape index (κ1) is 23.4. The van der Waals surface area contributed by atoms with E-state index in [4.69, 9.17) is 4.99 Å². The molecule has 0 fully saturated rings. The number of nitrogens with zero attached hydrogens (tertiary/aromatic N) is 4. The lowest BCUT2D eigenvalue weighted by Gasteiger charge is -2.24. The normalized spacial score (nSPS) is 11.8. The molecule has 0 spiro atoms. The van der Waals surface area contributed by atoms with Crippen molar-refractivity contribution in [2.45, 2.75) is 53.0 Å². The number of aliphatic imine (C=N–C) groups is 1. The highest BCUT2D eigenvalue weighted by molar-refractivity contribution is 14.0. The fourth-order valence-corrected chi connectivity index (χ4v) is 2.81. The summed E-state index contributed by atoms with van der Waals surface area (Å²) in [5.74, 6) is 1.86. The van der Waals surface area contributed by atoms with Crippen LogP contribution >= 0.6 is 24.0 Å². The summed E-state index contributed by atoms with van der Waals surface area (Å²) in [4.78, 5) is 4.81. The first-order chi connectivity index (χ1) is 12.5. The summed E-state index contributed by atoms with van der Waals surface area (Å²) in [6.07, 6.45) is 2.67. The zero-order valence-electron chi connectivity index (χ0n) is 17.1. The minimum absolute atomic E-state index is 0. The predicted octanol–water partition coefficient (Wildman–Crippen LogP) is 3.30. The lowest BCUT2D eigenvalue weighted by molar-refractivity contribution is 0.536. The van der Waals surface area contributed by atoms with E-state index in [-0.39, 0.29) is 29.4 Å². The van der Waals surface area contributed by atoms with Gasteiger partial charge in [-0.25, -0.2) is 0 Å². The van der Waals surface area contributed by atoms with Gasteiger partial charge in [-0.15, -0.1) is 34.2 Å². The Morgan fingerprint density at radius 2 is 2.00 bits per heavy atom. The molecule has 1 aromatic heterocycles. The zero-order valence-corrected chi connectivity index (χ0v) is 19.4. The molecule has 2 aromatic rings. The number of benzene rings is 1. The van der Waals surface area contributed by atoms with Crippen molar-refractivity contribution in [2.75, 3.05) is 19.6 Å². The maximum atomic E-state index is 4.81. The minimum atomic E-state index is -0.0159. The van der Waals surface area contributed by atoms with Gasteiger partial charge < -0.3 is 15.2 Å². The van der Waals surface area contributed by atoms with Crippen LogP contribution in [0, 0.1) is 6.92 Å². The third kappa shape index (κ3) is 7.12. The SMILES string of the molecule is CCNC(=NCC(C)(C)c1cccc(C)c1)NCCn1cnnc1CC.I. The van der Waals surface area contributed by atoms with Gasteiger partial charge >= 0.3 is 0 Å². The van der Waals surface area contributed by atoms with Crippen LogP contribution in [-0.2, 0) is 18.4 Å². The number of hydrogen-bond donors (Lipinski definition) is 2. The van der Waals surface area contributed by atoms with Crippen LogP contribution < -0.4 is 10.6 Å². The van der Waals surface area contributed by atoms with Gasteiger partial charge in [0.05, 0.1) is 6.54 Å². The topological polar surface area (TPSA) is 67.1 Å². The van der Waals surface area contributed by atoms with Crippen LogP contribution in [0.25, 0.3) is 0 Å². The second-order valence-corrected chi connectivity index (χ2v) is 7.17. The van der Waals surface area contributed by atoms with E-state index in [9.17, 15) is 0 Å². The van der Waals surface area contributed by atoms with Gasteiger partial charge in [0.25, 0.3) is 0 Å². The van der Waals surface area contributed by atoms with Crippen molar-refractivity contribution in [3.05, 3.63) is 47.5 Å². The molecular weight excluding hydrogens is 451 g/mol. The van der Waals surface area contributed by atoms with E-state index in [0.717, 1.165) is 44.4 Å². The quantitative estimate of drug-likeness (QED) is 0.343. The molecule has 0 saturated heterocycles. The van der Waals surface area contributed by atoms with Crippen LogP contribution in [0.2, 0.25) is 0 Å². The van der Waals surface area contributed by atoms with Crippen LogP contribution in [0.3, 0.4) is 0 Å². The van der Waals surface area contributed by atoms with Crippen molar-refractivity contribution in [1.29, 1.82) is 0 Å². The van der Waals surface area contributed by atoms with Crippen molar-refractivity contribution in [2.24, 2.45) is 4.99 Å². The molecule has 150 valence electrons. The molecule has 7 heteroatoms. The van der Waals surface area contributed by atoms with Gasteiger partial charge in [0.2, 0.25) is 0 Å². The number of halogens is 1. The molecular formula is C20H33IN6. The lowest BCUT2D eigenvalue weighted by Crippen LogP contribution is -2.40. The first-order valence-corrected chi connectivity index (χ1v) is 9.42. The third-order valence-electron chi connectivity index (χ3n) is 4.43. The van der Waals surface area contributed by atoms with Crippen LogP contribution in [0.4, 0.5) is 0 Å². The Morgan fingerprint density at radius 3 is 2.67 bits per heavy atom. The third-order valence-corrected chi connectivity index (χ3v) is 4.43.